The summed E-state index contributed by atoms with van der Waals surface area (Å²) in [7, 11) is 3.63. The molecule has 1 heterocycles. The van der Waals surface area contributed by atoms with Crippen LogP contribution in [0.1, 0.15) is 12.7 Å². The molecule has 0 fully saturated rings. The molecule has 0 spiro atoms. The van der Waals surface area contributed by atoms with Crippen LogP contribution in [-0.2, 0) is 11.3 Å². The van der Waals surface area contributed by atoms with Gasteiger partial charge in [-0.05, 0) is 19.1 Å². The number of ether oxygens (including phenoxy) is 1. The number of para-hydroxylation sites is 1. The van der Waals surface area contributed by atoms with E-state index in [2.05, 4.69) is 15.3 Å². The summed E-state index contributed by atoms with van der Waals surface area (Å²) >= 11 is 0. The molecule has 106 valence electrons. The monoisotopic (exact) mass is 272 g/mol. The number of benzene rings is 1. The van der Waals surface area contributed by atoms with Crippen molar-refractivity contribution in [2.75, 3.05) is 30.9 Å². The summed E-state index contributed by atoms with van der Waals surface area (Å²) < 4.78 is 5.13. The van der Waals surface area contributed by atoms with E-state index in [-0.39, 0.29) is 0 Å². The molecular weight excluding hydrogens is 252 g/mol. The van der Waals surface area contributed by atoms with Gasteiger partial charge in [-0.1, -0.05) is 18.2 Å². The minimum Gasteiger partial charge on any atom is -0.377 e. The molecule has 0 atom stereocenters. The highest BCUT2D eigenvalue weighted by molar-refractivity contribution is 5.61. The normalized spacial score (nSPS) is 10.3. The number of hydrogen-bond acceptors (Lipinski definition) is 5. The first-order chi connectivity index (χ1) is 9.74. The molecule has 1 aromatic carbocycles. The summed E-state index contributed by atoms with van der Waals surface area (Å²) in [5, 5.41) is 3.22. The fourth-order valence-electron chi connectivity index (χ4n) is 1.90. The SMILES string of the molecule is CCNc1cc(N(C)c2ccccc2)nc(COC)n1. The minimum atomic E-state index is 0.398. The summed E-state index contributed by atoms with van der Waals surface area (Å²) in [5.41, 5.74) is 1.08. The maximum Gasteiger partial charge on any atom is 0.158 e. The van der Waals surface area contributed by atoms with E-state index >= 15 is 0 Å². The molecule has 0 aliphatic heterocycles. The highest BCUT2D eigenvalue weighted by Gasteiger charge is 2.09. The molecule has 20 heavy (non-hydrogen) atoms. The summed E-state index contributed by atoms with van der Waals surface area (Å²) in [5.74, 6) is 2.32. The lowest BCUT2D eigenvalue weighted by Gasteiger charge is -2.19. The Kier molecular flexibility index (Phi) is 4.90. The molecule has 2 aromatic rings. The van der Waals surface area contributed by atoms with Gasteiger partial charge in [0.1, 0.15) is 18.2 Å². The first kappa shape index (κ1) is 14.3. The standard InChI is InChI=1S/C15H20N4O/c1-4-16-13-10-15(18-14(17-13)11-20-3)19(2)12-8-6-5-7-9-12/h5-10H,4,11H2,1-3H3,(H,16,17,18). The van der Waals surface area contributed by atoms with Crippen molar-refractivity contribution in [3.63, 3.8) is 0 Å². The molecule has 5 nitrogen and oxygen atoms in total. The van der Waals surface area contributed by atoms with Gasteiger partial charge < -0.3 is 15.0 Å². The summed E-state index contributed by atoms with van der Waals surface area (Å²) in [4.78, 5) is 11.0. The van der Waals surface area contributed by atoms with Gasteiger partial charge in [0.15, 0.2) is 5.82 Å². The van der Waals surface area contributed by atoms with Gasteiger partial charge in [-0.25, -0.2) is 9.97 Å². The predicted octanol–water partition coefficient (Wildman–Crippen LogP) is 2.82. The first-order valence-electron chi connectivity index (χ1n) is 6.64. The molecule has 5 heteroatoms. The fraction of sp³-hybridized carbons (Fsp3) is 0.333. The molecule has 0 amide bonds. The summed E-state index contributed by atoms with van der Waals surface area (Å²) in [6.45, 7) is 3.26. The molecule has 1 N–H and O–H groups in total. The Bertz CT molecular complexity index is 521. The van der Waals surface area contributed by atoms with Crippen molar-refractivity contribution in [2.24, 2.45) is 0 Å². The highest BCUT2D eigenvalue weighted by atomic mass is 16.5. The lowest BCUT2D eigenvalue weighted by atomic mass is 10.3. The van der Waals surface area contributed by atoms with Crippen molar-refractivity contribution in [1.82, 2.24) is 9.97 Å². The summed E-state index contributed by atoms with van der Waals surface area (Å²) in [6.07, 6.45) is 0. The minimum absolute atomic E-state index is 0.398. The van der Waals surface area contributed by atoms with Gasteiger partial charge in [-0.2, -0.15) is 0 Å². The lowest BCUT2D eigenvalue weighted by Crippen LogP contribution is -2.14. The van der Waals surface area contributed by atoms with E-state index in [1.165, 1.54) is 0 Å². The van der Waals surface area contributed by atoms with Crippen LogP contribution >= 0.6 is 0 Å². The number of nitrogens with zero attached hydrogens (tertiary/aromatic N) is 3. The van der Waals surface area contributed by atoms with Gasteiger partial charge in [0, 0.05) is 32.5 Å². The van der Waals surface area contributed by atoms with Crippen LogP contribution in [0, 0.1) is 0 Å². The number of hydrogen-bond donors (Lipinski definition) is 1. The third-order valence-corrected chi connectivity index (χ3v) is 2.88. The van der Waals surface area contributed by atoms with E-state index in [1.807, 2.05) is 55.3 Å². The number of nitrogens with one attached hydrogen (secondary N) is 1. The molecule has 0 unspecified atom stereocenters. The third kappa shape index (κ3) is 3.45. The second-order valence-electron chi connectivity index (χ2n) is 4.39. The topological polar surface area (TPSA) is 50.3 Å². The number of aromatic nitrogens is 2. The maximum absolute atomic E-state index is 5.13. The van der Waals surface area contributed by atoms with Gasteiger partial charge >= 0.3 is 0 Å². The van der Waals surface area contributed by atoms with Crippen molar-refractivity contribution in [2.45, 2.75) is 13.5 Å². The van der Waals surface area contributed by atoms with Crippen LogP contribution in [0.2, 0.25) is 0 Å². The Hall–Kier alpha value is -2.14. The number of rotatable bonds is 6. The highest BCUT2D eigenvalue weighted by Crippen LogP contribution is 2.23. The third-order valence-electron chi connectivity index (χ3n) is 2.88. The van der Waals surface area contributed by atoms with E-state index in [9.17, 15) is 0 Å². The fourth-order valence-corrected chi connectivity index (χ4v) is 1.90. The molecule has 0 bridgehead atoms. The van der Waals surface area contributed by atoms with Crippen LogP contribution < -0.4 is 10.2 Å². The largest absolute Gasteiger partial charge is 0.377 e. The second-order valence-corrected chi connectivity index (χ2v) is 4.39. The van der Waals surface area contributed by atoms with Crippen molar-refractivity contribution in [3.8, 4) is 0 Å². The lowest BCUT2D eigenvalue weighted by molar-refractivity contribution is 0.178. The van der Waals surface area contributed by atoms with Gasteiger partial charge in [0.2, 0.25) is 0 Å². The Balaban J connectivity index is 2.34. The Morgan fingerprint density at radius 1 is 1.20 bits per heavy atom. The Morgan fingerprint density at radius 3 is 2.60 bits per heavy atom. The van der Waals surface area contributed by atoms with Gasteiger partial charge in [0.05, 0.1) is 0 Å². The number of anilines is 3. The average molecular weight is 272 g/mol. The molecule has 0 saturated carbocycles. The zero-order valence-corrected chi connectivity index (χ0v) is 12.1. The molecule has 0 saturated heterocycles. The molecule has 2 rings (SSSR count). The molecule has 0 aliphatic rings. The van der Waals surface area contributed by atoms with Crippen LogP contribution in [0.3, 0.4) is 0 Å². The predicted molar refractivity (Wildman–Crippen MR) is 81.4 cm³/mol. The Morgan fingerprint density at radius 2 is 1.95 bits per heavy atom. The quantitative estimate of drug-likeness (QED) is 0.876. The average Bonchev–Trinajstić information content (AvgIpc) is 2.48. The van der Waals surface area contributed by atoms with E-state index in [4.69, 9.17) is 4.74 Å². The smallest absolute Gasteiger partial charge is 0.158 e. The van der Waals surface area contributed by atoms with E-state index in [0.717, 1.165) is 23.9 Å². The van der Waals surface area contributed by atoms with Crippen LogP contribution in [0.25, 0.3) is 0 Å². The van der Waals surface area contributed by atoms with Crippen molar-refractivity contribution >= 4 is 17.3 Å². The first-order valence-corrected chi connectivity index (χ1v) is 6.64. The zero-order valence-electron chi connectivity index (χ0n) is 12.1. The molecule has 0 aliphatic carbocycles. The van der Waals surface area contributed by atoms with Crippen LogP contribution in [0.15, 0.2) is 36.4 Å². The molecule has 0 radical (unpaired) electrons. The van der Waals surface area contributed by atoms with Gasteiger partial charge in [-0.3, -0.25) is 0 Å². The molecule has 1 aromatic heterocycles. The van der Waals surface area contributed by atoms with E-state index < -0.39 is 0 Å². The van der Waals surface area contributed by atoms with E-state index in [0.29, 0.717) is 12.4 Å². The summed E-state index contributed by atoms with van der Waals surface area (Å²) in [6, 6.07) is 12.0. The maximum atomic E-state index is 5.13. The van der Waals surface area contributed by atoms with Crippen LogP contribution in [0.5, 0.6) is 0 Å². The van der Waals surface area contributed by atoms with Gasteiger partial charge in [0.25, 0.3) is 0 Å². The van der Waals surface area contributed by atoms with Crippen molar-refractivity contribution < 1.29 is 4.74 Å². The zero-order chi connectivity index (χ0) is 14.4. The second kappa shape index (κ2) is 6.86. The van der Waals surface area contributed by atoms with Crippen LogP contribution in [0.4, 0.5) is 17.3 Å². The van der Waals surface area contributed by atoms with Crippen LogP contribution in [-0.4, -0.2) is 30.7 Å². The van der Waals surface area contributed by atoms with Crippen molar-refractivity contribution in [1.29, 1.82) is 0 Å². The van der Waals surface area contributed by atoms with E-state index in [1.54, 1.807) is 7.11 Å². The molecular formula is C15H20N4O. The van der Waals surface area contributed by atoms with Gasteiger partial charge in [-0.15, -0.1) is 0 Å². The number of methoxy groups -OCH3 is 1. The Labute approximate surface area is 119 Å². The van der Waals surface area contributed by atoms with Crippen molar-refractivity contribution in [3.05, 3.63) is 42.2 Å².